The molecule has 1 aromatic carbocycles. The highest BCUT2D eigenvalue weighted by atomic mass is 35.5. The molecule has 0 aromatic heterocycles. The van der Waals surface area contributed by atoms with Gasteiger partial charge < -0.3 is 4.74 Å². The molecule has 23 heavy (non-hydrogen) atoms. The minimum Gasteiger partial charge on any atom is -0.369 e. The van der Waals surface area contributed by atoms with E-state index in [2.05, 4.69) is 19.1 Å². The van der Waals surface area contributed by atoms with Gasteiger partial charge in [0.15, 0.2) is 0 Å². The molecule has 2 saturated carbocycles. The van der Waals surface area contributed by atoms with Crippen molar-refractivity contribution in [3.8, 4) is 6.07 Å². The second kappa shape index (κ2) is 4.52. The van der Waals surface area contributed by atoms with E-state index in [1.807, 2.05) is 6.07 Å². The molecule has 3 fully saturated rings. The molecular weight excluding hydrogens is 306 g/mol. The lowest BCUT2D eigenvalue weighted by atomic mass is 9.54. The third-order valence-corrected chi connectivity index (χ3v) is 8.18. The molecule has 0 amide bonds. The summed E-state index contributed by atoms with van der Waals surface area (Å²) in [5, 5.41) is 9.94. The Kier molecular flexibility index (Phi) is 2.82. The van der Waals surface area contributed by atoms with Crippen LogP contribution in [0.3, 0.4) is 0 Å². The maximum absolute atomic E-state index is 9.23. The summed E-state index contributed by atoms with van der Waals surface area (Å²) in [4.78, 5) is 0. The smallest absolute Gasteiger partial charge is 0.101 e. The van der Waals surface area contributed by atoms with Gasteiger partial charge in [-0.05, 0) is 73.5 Å². The summed E-state index contributed by atoms with van der Waals surface area (Å²) in [5.74, 6) is 2.20. The van der Waals surface area contributed by atoms with Crippen LogP contribution < -0.4 is 0 Å². The predicted molar refractivity (Wildman–Crippen MR) is 89.5 cm³/mol. The van der Waals surface area contributed by atoms with Crippen LogP contribution in [0.1, 0.15) is 61.6 Å². The Balaban J connectivity index is 1.55. The van der Waals surface area contributed by atoms with Crippen molar-refractivity contribution in [2.75, 3.05) is 6.61 Å². The zero-order valence-electron chi connectivity index (χ0n) is 13.6. The number of halogens is 1. The fourth-order valence-corrected chi connectivity index (χ4v) is 6.67. The van der Waals surface area contributed by atoms with E-state index in [4.69, 9.17) is 16.3 Å². The molecule has 3 aliphatic carbocycles. The SMILES string of the molecule is C[C@]12CCC3c4ccc(C#N)c(Cl)c4CCC3C1CC[C@@]21CO1. The molecule has 5 atom stereocenters. The van der Waals surface area contributed by atoms with Crippen LogP contribution in [0.25, 0.3) is 0 Å². The topological polar surface area (TPSA) is 36.3 Å². The molecule has 1 aromatic rings. The molecule has 3 heteroatoms. The van der Waals surface area contributed by atoms with Crippen LogP contribution in [0.2, 0.25) is 5.02 Å². The molecule has 1 aliphatic heterocycles. The van der Waals surface area contributed by atoms with Gasteiger partial charge in [0.05, 0.1) is 22.8 Å². The first-order chi connectivity index (χ1) is 11.1. The fourth-order valence-electron chi connectivity index (χ4n) is 6.36. The molecule has 120 valence electrons. The van der Waals surface area contributed by atoms with Gasteiger partial charge >= 0.3 is 0 Å². The van der Waals surface area contributed by atoms with Crippen molar-refractivity contribution in [3.63, 3.8) is 0 Å². The highest BCUT2D eigenvalue weighted by Gasteiger charge is 2.68. The Labute approximate surface area is 142 Å². The second-order valence-corrected chi connectivity index (χ2v) is 8.68. The van der Waals surface area contributed by atoms with Crippen LogP contribution in [0.15, 0.2) is 12.1 Å². The zero-order valence-corrected chi connectivity index (χ0v) is 14.3. The quantitative estimate of drug-likeness (QED) is 0.639. The first-order valence-electron chi connectivity index (χ1n) is 8.95. The maximum Gasteiger partial charge on any atom is 0.101 e. The molecule has 0 radical (unpaired) electrons. The summed E-state index contributed by atoms with van der Waals surface area (Å²) in [6, 6.07) is 6.35. The van der Waals surface area contributed by atoms with Crippen LogP contribution in [0.4, 0.5) is 0 Å². The Morgan fingerprint density at radius 2 is 2.09 bits per heavy atom. The van der Waals surface area contributed by atoms with Crippen molar-refractivity contribution >= 4 is 11.6 Å². The summed E-state index contributed by atoms with van der Waals surface area (Å²) in [6.45, 7) is 3.49. The van der Waals surface area contributed by atoms with Gasteiger partial charge in [-0.25, -0.2) is 0 Å². The van der Waals surface area contributed by atoms with E-state index in [0.29, 0.717) is 21.9 Å². The lowest BCUT2D eigenvalue weighted by molar-refractivity contribution is 0.0121. The first-order valence-corrected chi connectivity index (χ1v) is 9.33. The minimum atomic E-state index is 0.227. The lowest BCUT2D eigenvalue weighted by Gasteiger charge is -2.50. The first kappa shape index (κ1) is 14.3. The number of rotatable bonds is 0. The van der Waals surface area contributed by atoms with E-state index in [1.165, 1.54) is 43.2 Å². The highest BCUT2D eigenvalue weighted by Crippen LogP contribution is 2.68. The molecule has 1 heterocycles. The van der Waals surface area contributed by atoms with Crippen LogP contribution in [0.5, 0.6) is 0 Å². The Bertz CT molecular complexity index is 732. The van der Waals surface area contributed by atoms with Crippen molar-refractivity contribution in [3.05, 3.63) is 33.8 Å². The molecular formula is C20H22ClNO. The molecule has 4 aliphatic rings. The zero-order chi connectivity index (χ0) is 15.8. The Morgan fingerprint density at radius 3 is 2.83 bits per heavy atom. The summed E-state index contributed by atoms with van der Waals surface area (Å²) < 4.78 is 5.97. The van der Waals surface area contributed by atoms with Crippen LogP contribution in [-0.2, 0) is 11.2 Å². The van der Waals surface area contributed by atoms with Gasteiger partial charge in [0.2, 0.25) is 0 Å². The summed E-state index contributed by atoms with van der Waals surface area (Å²) in [7, 11) is 0. The van der Waals surface area contributed by atoms with E-state index in [0.717, 1.165) is 24.9 Å². The van der Waals surface area contributed by atoms with E-state index in [1.54, 1.807) is 0 Å². The molecule has 1 spiro atoms. The van der Waals surface area contributed by atoms with Gasteiger partial charge in [0.25, 0.3) is 0 Å². The number of nitrogens with zero attached hydrogens (tertiary/aromatic N) is 1. The Hall–Kier alpha value is -1.04. The third-order valence-electron chi connectivity index (χ3n) is 7.75. The number of benzene rings is 1. The second-order valence-electron chi connectivity index (χ2n) is 8.30. The van der Waals surface area contributed by atoms with Gasteiger partial charge in [0, 0.05) is 5.41 Å². The summed E-state index contributed by atoms with van der Waals surface area (Å²) in [5.41, 5.74) is 3.94. The lowest BCUT2D eigenvalue weighted by Crippen LogP contribution is -2.45. The number of fused-ring (bicyclic) bond motifs is 6. The minimum absolute atomic E-state index is 0.227. The highest BCUT2D eigenvalue weighted by molar-refractivity contribution is 6.32. The van der Waals surface area contributed by atoms with Gasteiger partial charge in [-0.2, -0.15) is 5.26 Å². The normalized spacial score (nSPS) is 43.4. The van der Waals surface area contributed by atoms with E-state index in [9.17, 15) is 5.26 Å². The van der Waals surface area contributed by atoms with Gasteiger partial charge in [-0.1, -0.05) is 24.6 Å². The number of ether oxygens (including phenoxy) is 1. The Morgan fingerprint density at radius 1 is 1.26 bits per heavy atom. The van der Waals surface area contributed by atoms with Crippen LogP contribution in [-0.4, -0.2) is 12.2 Å². The monoisotopic (exact) mass is 327 g/mol. The average molecular weight is 328 g/mol. The van der Waals surface area contributed by atoms with Crippen molar-refractivity contribution in [2.45, 2.75) is 57.0 Å². The van der Waals surface area contributed by atoms with Crippen molar-refractivity contribution in [2.24, 2.45) is 17.3 Å². The molecule has 1 saturated heterocycles. The standard InChI is InChI=1S/C20H22ClNO/c1-19-8-6-14-13-3-2-12(10-22)18(21)16(13)5-4-15(14)17(19)7-9-20(19)11-23-20/h2-3,14-15,17H,4-9,11H2,1H3/t14?,15?,17?,19-,20+/m0/s1. The number of hydrogen-bond acceptors (Lipinski definition) is 2. The summed E-state index contributed by atoms with van der Waals surface area (Å²) in [6.07, 6.45) is 7.37. The van der Waals surface area contributed by atoms with Crippen LogP contribution >= 0.6 is 11.6 Å². The molecule has 2 nitrogen and oxygen atoms in total. The largest absolute Gasteiger partial charge is 0.369 e. The number of nitriles is 1. The van der Waals surface area contributed by atoms with Crippen molar-refractivity contribution < 1.29 is 4.74 Å². The molecule has 5 rings (SSSR count). The van der Waals surface area contributed by atoms with Crippen molar-refractivity contribution in [1.29, 1.82) is 5.26 Å². The maximum atomic E-state index is 9.23. The molecule has 0 bridgehead atoms. The fraction of sp³-hybridized carbons (Fsp3) is 0.650. The van der Waals surface area contributed by atoms with Gasteiger partial charge in [-0.3, -0.25) is 0 Å². The van der Waals surface area contributed by atoms with Crippen LogP contribution in [0, 0.1) is 28.6 Å². The summed E-state index contributed by atoms with van der Waals surface area (Å²) >= 11 is 6.51. The molecule has 0 N–H and O–H groups in total. The average Bonchev–Trinajstić information content (AvgIpc) is 3.29. The van der Waals surface area contributed by atoms with Crippen molar-refractivity contribution in [1.82, 2.24) is 0 Å². The number of hydrogen-bond donors (Lipinski definition) is 0. The van der Waals surface area contributed by atoms with E-state index < -0.39 is 0 Å². The van der Waals surface area contributed by atoms with E-state index >= 15 is 0 Å². The van der Waals surface area contributed by atoms with Gasteiger partial charge in [-0.15, -0.1) is 0 Å². The third kappa shape index (κ3) is 1.68. The van der Waals surface area contributed by atoms with Gasteiger partial charge in [0.1, 0.15) is 6.07 Å². The van der Waals surface area contributed by atoms with E-state index in [-0.39, 0.29) is 5.60 Å². The molecule has 3 unspecified atom stereocenters. The predicted octanol–water partition coefficient (Wildman–Crippen LogP) is 4.84. The number of epoxide rings is 1.